The maximum atomic E-state index is 5.64. The summed E-state index contributed by atoms with van der Waals surface area (Å²) in [5, 5.41) is 6.76. The molecule has 0 amide bonds. The molecule has 0 spiro atoms. The van der Waals surface area contributed by atoms with Gasteiger partial charge in [-0.2, -0.15) is 0 Å². The van der Waals surface area contributed by atoms with Crippen molar-refractivity contribution in [1.82, 2.24) is 10.6 Å². The van der Waals surface area contributed by atoms with Crippen LogP contribution in [0.3, 0.4) is 0 Å². The van der Waals surface area contributed by atoms with Gasteiger partial charge < -0.3 is 22.1 Å². The molecule has 6 N–H and O–H groups in total. The van der Waals surface area contributed by atoms with Crippen LogP contribution >= 0.6 is 0 Å². The van der Waals surface area contributed by atoms with Crippen molar-refractivity contribution in [2.75, 3.05) is 32.7 Å². The number of nitrogens with two attached hydrogens (primary N) is 2. The molecule has 4 nitrogen and oxygen atoms in total. The van der Waals surface area contributed by atoms with E-state index in [2.05, 4.69) is 10.6 Å². The van der Waals surface area contributed by atoms with Crippen LogP contribution in [-0.4, -0.2) is 38.8 Å². The van der Waals surface area contributed by atoms with E-state index in [1.807, 2.05) is 6.92 Å². The fraction of sp³-hybridized carbons (Fsp3) is 1.00. The van der Waals surface area contributed by atoms with E-state index >= 15 is 0 Å². The number of hydrogen-bond acceptors (Lipinski definition) is 4. The third-order valence-corrected chi connectivity index (χ3v) is 2.29. The van der Waals surface area contributed by atoms with Crippen molar-refractivity contribution < 1.29 is 0 Å². The first kappa shape index (κ1) is 14.8. The Morgan fingerprint density at radius 2 is 1.47 bits per heavy atom. The Balaban J connectivity index is 2.87. The van der Waals surface area contributed by atoms with Crippen molar-refractivity contribution in [2.45, 2.75) is 38.6 Å². The minimum atomic E-state index is 0.315. The highest BCUT2D eigenvalue weighted by molar-refractivity contribution is 4.57. The van der Waals surface area contributed by atoms with Crippen LogP contribution in [0, 0.1) is 0 Å². The van der Waals surface area contributed by atoms with Crippen LogP contribution in [0.15, 0.2) is 0 Å². The number of hydrogen-bond donors (Lipinski definition) is 4. The lowest BCUT2D eigenvalue weighted by Crippen LogP contribution is -2.25. The molecule has 0 aliphatic heterocycles. The SMILES string of the molecule is C[C@H](N)CCNCCCCNCCCN. The zero-order valence-electron chi connectivity index (χ0n) is 10.1. The first-order chi connectivity index (χ1) is 7.27. The summed E-state index contributed by atoms with van der Waals surface area (Å²) < 4.78 is 0. The van der Waals surface area contributed by atoms with Gasteiger partial charge in [-0.05, 0) is 65.3 Å². The normalized spacial score (nSPS) is 13.0. The van der Waals surface area contributed by atoms with Gasteiger partial charge in [-0.3, -0.25) is 0 Å². The number of unbranched alkanes of at least 4 members (excludes halogenated alkanes) is 1. The predicted octanol–water partition coefficient (Wildman–Crippen LogP) is 0.0319. The first-order valence-electron chi connectivity index (χ1n) is 6.14. The van der Waals surface area contributed by atoms with Gasteiger partial charge in [0.2, 0.25) is 0 Å². The Kier molecular flexibility index (Phi) is 11.8. The van der Waals surface area contributed by atoms with Gasteiger partial charge in [0, 0.05) is 6.04 Å². The predicted molar refractivity (Wildman–Crippen MR) is 66.9 cm³/mol. The average molecular weight is 216 g/mol. The summed E-state index contributed by atoms with van der Waals surface area (Å²) in [6.07, 6.45) is 4.60. The number of nitrogens with one attached hydrogen (secondary N) is 2. The zero-order valence-corrected chi connectivity index (χ0v) is 10.1. The van der Waals surface area contributed by atoms with Gasteiger partial charge in [-0.15, -0.1) is 0 Å². The maximum Gasteiger partial charge on any atom is 0.00225 e. The van der Waals surface area contributed by atoms with Crippen molar-refractivity contribution in [3.8, 4) is 0 Å². The lowest BCUT2D eigenvalue weighted by atomic mass is 10.2. The Hall–Kier alpha value is -0.160. The highest BCUT2D eigenvalue weighted by Crippen LogP contribution is 1.87. The van der Waals surface area contributed by atoms with Gasteiger partial charge in [-0.1, -0.05) is 0 Å². The van der Waals surface area contributed by atoms with E-state index in [4.69, 9.17) is 11.5 Å². The summed E-state index contributed by atoms with van der Waals surface area (Å²) in [5.74, 6) is 0. The molecule has 4 heteroatoms. The van der Waals surface area contributed by atoms with Gasteiger partial charge in [0.15, 0.2) is 0 Å². The zero-order chi connectivity index (χ0) is 11.4. The Morgan fingerprint density at radius 1 is 0.933 bits per heavy atom. The Labute approximate surface area is 94.2 Å². The molecule has 0 saturated heterocycles. The van der Waals surface area contributed by atoms with Crippen molar-refractivity contribution in [3.05, 3.63) is 0 Å². The second-order valence-electron chi connectivity index (χ2n) is 4.12. The molecule has 0 aliphatic rings. The largest absolute Gasteiger partial charge is 0.330 e. The second kappa shape index (κ2) is 11.9. The molecule has 0 aliphatic carbocycles. The van der Waals surface area contributed by atoms with Gasteiger partial charge in [0.1, 0.15) is 0 Å². The molecule has 0 aromatic rings. The molecule has 0 unspecified atom stereocenters. The van der Waals surface area contributed by atoms with Crippen LogP contribution < -0.4 is 22.1 Å². The van der Waals surface area contributed by atoms with Gasteiger partial charge in [0.05, 0.1) is 0 Å². The van der Waals surface area contributed by atoms with E-state index < -0.39 is 0 Å². The molecule has 0 aromatic heterocycles. The first-order valence-corrected chi connectivity index (χ1v) is 6.14. The van der Waals surface area contributed by atoms with Crippen LogP contribution in [0.4, 0.5) is 0 Å². The van der Waals surface area contributed by atoms with Crippen molar-refractivity contribution in [1.29, 1.82) is 0 Å². The molecule has 0 rings (SSSR count). The van der Waals surface area contributed by atoms with Crippen LogP contribution in [0.5, 0.6) is 0 Å². The smallest absolute Gasteiger partial charge is 0.00225 e. The minimum absolute atomic E-state index is 0.315. The van der Waals surface area contributed by atoms with Gasteiger partial charge in [0.25, 0.3) is 0 Å². The molecular formula is C11H28N4. The summed E-state index contributed by atoms with van der Waals surface area (Å²) in [5.41, 5.74) is 11.0. The van der Waals surface area contributed by atoms with E-state index in [9.17, 15) is 0 Å². The summed E-state index contributed by atoms with van der Waals surface area (Å²) in [6, 6.07) is 0.315. The lowest BCUT2D eigenvalue weighted by molar-refractivity contribution is 0.550. The Bertz CT molecular complexity index is 117. The third-order valence-electron chi connectivity index (χ3n) is 2.29. The molecule has 0 saturated carbocycles. The van der Waals surface area contributed by atoms with Crippen molar-refractivity contribution in [3.63, 3.8) is 0 Å². The van der Waals surface area contributed by atoms with E-state index in [-0.39, 0.29) is 0 Å². The van der Waals surface area contributed by atoms with E-state index in [0.717, 1.165) is 45.6 Å². The molecule has 92 valence electrons. The van der Waals surface area contributed by atoms with E-state index in [1.54, 1.807) is 0 Å². The van der Waals surface area contributed by atoms with Crippen LogP contribution in [0.1, 0.15) is 32.6 Å². The van der Waals surface area contributed by atoms with E-state index in [0.29, 0.717) is 6.04 Å². The summed E-state index contributed by atoms with van der Waals surface area (Å²) in [4.78, 5) is 0. The van der Waals surface area contributed by atoms with Crippen LogP contribution in [-0.2, 0) is 0 Å². The summed E-state index contributed by atoms with van der Waals surface area (Å²) in [6.45, 7) is 7.13. The van der Waals surface area contributed by atoms with Crippen LogP contribution in [0.25, 0.3) is 0 Å². The summed E-state index contributed by atoms with van der Waals surface area (Å²) in [7, 11) is 0. The van der Waals surface area contributed by atoms with Crippen molar-refractivity contribution >= 4 is 0 Å². The minimum Gasteiger partial charge on any atom is -0.330 e. The topological polar surface area (TPSA) is 76.1 Å². The molecular weight excluding hydrogens is 188 g/mol. The van der Waals surface area contributed by atoms with E-state index in [1.165, 1.54) is 12.8 Å². The molecule has 0 radical (unpaired) electrons. The quantitative estimate of drug-likeness (QED) is 0.368. The average Bonchev–Trinajstić information content (AvgIpc) is 2.20. The van der Waals surface area contributed by atoms with Gasteiger partial charge in [-0.25, -0.2) is 0 Å². The molecule has 0 bridgehead atoms. The van der Waals surface area contributed by atoms with Crippen molar-refractivity contribution in [2.24, 2.45) is 11.5 Å². The molecule has 0 aromatic carbocycles. The van der Waals surface area contributed by atoms with Gasteiger partial charge >= 0.3 is 0 Å². The Morgan fingerprint density at radius 3 is 2.00 bits per heavy atom. The third kappa shape index (κ3) is 13.8. The molecule has 0 fully saturated rings. The van der Waals surface area contributed by atoms with Crippen LogP contribution in [0.2, 0.25) is 0 Å². The standard InChI is InChI=1S/C11H28N4/c1-11(13)5-10-15-8-3-2-7-14-9-4-6-12/h11,14-15H,2-10,12-13H2,1H3/t11-/m0/s1. The molecule has 1 atom stereocenters. The lowest BCUT2D eigenvalue weighted by Gasteiger charge is -2.07. The number of rotatable bonds is 11. The molecule has 0 heterocycles. The highest BCUT2D eigenvalue weighted by Gasteiger charge is 1.93. The fourth-order valence-electron chi connectivity index (χ4n) is 1.31. The summed E-state index contributed by atoms with van der Waals surface area (Å²) >= 11 is 0. The maximum absolute atomic E-state index is 5.64. The fourth-order valence-corrected chi connectivity index (χ4v) is 1.31. The second-order valence-corrected chi connectivity index (χ2v) is 4.12. The highest BCUT2D eigenvalue weighted by atomic mass is 14.9. The monoisotopic (exact) mass is 216 g/mol. The molecule has 15 heavy (non-hydrogen) atoms.